The maximum absolute atomic E-state index is 5.97. The number of ether oxygens (including phenoxy) is 1. The lowest BCUT2D eigenvalue weighted by atomic mass is 10.2. The summed E-state index contributed by atoms with van der Waals surface area (Å²) >= 11 is 11.8. The average Bonchev–Trinajstić information content (AvgIpc) is 2.32. The van der Waals surface area contributed by atoms with E-state index in [1.54, 1.807) is 6.07 Å². The molecule has 0 atom stereocenters. The van der Waals surface area contributed by atoms with Crippen molar-refractivity contribution in [2.45, 2.75) is 26.9 Å². The number of halogens is 2. The highest BCUT2D eigenvalue weighted by Crippen LogP contribution is 2.23. The molecule has 0 saturated carbocycles. The summed E-state index contributed by atoms with van der Waals surface area (Å²) in [5.41, 5.74) is 1.81. The van der Waals surface area contributed by atoms with Crippen LogP contribution in [0, 0.1) is 6.92 Å². The molecule has 2 aromatic rings. The van der Waals surface area contributed by atoms with E-state index in [9.17, 15) is 0 Å². The largest absolute Gasteiger partial charge is 0.461 e. The first-order valence-corrected chi connectivity index (χ1v) is 6.81. The van der Waals surface area contributed by atoms with Crippen molar-refractivity contribution in [3.8, 4) is 6.01 Å². The van der Waals surface area contributed by atoms with Crippen molar-refractivity contribution in [1.82, 2.24) is 15.0 Å². The molecule has 1 heterocycles. The predicted molar refractivity (Wildman–Crippen MR) is 80.1 cm³/mol. The molecule has 1 N–H and O–H groups in total. The Kier molecular flexibility index (Phi) is 4.62. The molecule has 5 nitrogen and oxygen atoms in total. The van der Waals surface area contributed by atoms with Crippen molar-refractivity contribution in [2.24, 2.45) is 0 Å². The summed E-state index contributed by atoms with van der Waals surface area (Å²) in [7, 11) is 0. The van der Waals surface area contributed by atoms with Crippen molar-refractivity contribution < 1.29 is 4.74 Å². The first-order chi connectivity index (χ1) is 9.44. The van der Waals surface area contributed by atoms with Gasteiger partial charge in [-0.25, -0.2) is 0 Å². The van der Waals surface area contributed by atoms with Gasteiger partial charge in [-0.1, -0.05) is 17.7 Å². The van der Waals surface area contributed by atoms with Gasteiger partial charge in [0.05, 0.1) is 6.10 Å². The summed E-state index contributed by atoms with van der Waals surface area (Å²) in [6.07, 6.45) is -0.0470. The molecule has 0 bridgehead atoms. The molecule has 0 spiro atoms. The number of nitrogens with zero attached hydrogens (tertiary/aromatic N) is 3. The summed E-state index contributed by atoms with van der Waals surface area (Å²) in [5.74, 6) is 0.311. The minimum absolute atomic E-state index is 0.0470. The Labute approximate surface area is 127 Å². The van der Waals surface area contributed by atoms with Crippen molar-refractivity contribution in [3.63, 3.8) is 0 Å². The molecule has 0 saturated heterocycles. The second-order valence-electron chi connectivity index (χ2n) is 4.46. The molecule has 2 rings (SSSR count). The second kappa shape index (κ2) is 6.24. The lowest BCUT2D eigenvalue weighted by Crippen LogP contribution is -2.10. The van der Waals surface area contributed by atoms with Gasteiger partial charge in [0, 0.05) is 10.7 Å². The fourth-order valence-corrected chi connectivity index (χ4v) is 1.83. The number of anilines is 2. The van der Waals surface area contributed by atoms with Crippen LogP contribution in [0.15, 0.2) is 18.2 Å². The number of benzene rings is 1. The zero-order chi connectivity index (χ0) is 14.7. The van der Waals surface area contributed by atoms with Gasteiger partial charge in [-0.3, -0.25) is 0 Å². The molecule has 0 amide bonds. The summed E-state index contributed by atoms with van der Waals surface area (Å²) in [6, 6.07) is 5.69. The van der Waals surface area contributed by atoms with Gasteiger partial charge in [-0.2, -0.15) is 15.0 Å². The third-order valence-electron chi connectivity index (χ3n) is 2.37. The first kappa shape index (κ1) is 14.8. The maximum Gasteiger partial charge on any atom is 0.322 e. The summed E-state index contributed by atoms with van der Waals surface area (Å²) in [5, 5.41) is 3.75. The van der Waals surface area contributed by atoms with Crippen LogP contribution in [0.2, 0.25) is 10.3 Å². The van der Waals surface area contributed by atoms with Crippen molar-refractivity contribution in [1.29, 1.82) is 0 Å². The Morgan fingerprint density at radius 3 is 2.60 bits per heavy atom. The average molecular weight is 313 g/mol. The lowest BCUT2D eigenvalue weighted by molar-refractivity contribution is 0.222. The van der Waals surface area contributed by atoms with Crippen LogP contribution in [-0.2, 0) is 0 Å². The first-order valence-electron chi connectivity index (χ1n) is 6.05. The van der Waals surface area contributed by atoms with Crippen LogP contribution >= 0.6 is 23.2 Å². The van der Waals surface area contributed by atoms with Gasteiger partial charge < -0.3 is 10.1 Å². The van der Waals surface area contributed by atoms with Gasteiger partial charge in [0.1, 0.15) is 0 Å². The molecular formula is C13H14Cl2N4O. The monoisotopic (exact) mass is 312 g/mol. The van der Waals surface area contributed by atoms with E-state index >= 15 is 0 Å². The quantitative estimate of drug-likeness (QED) is 0.924. The number of hydrogen-bond donors (Lipinski definition) is 1. The normalized spacial score (nSPS) is 10.7. The smallest absolute Gasteiger partial charge is 0.322 e. The van der Waals surface area contributed by atoms with Crippen LogP contribution in [-0.4, -0.2) is 21.1 Å². The Bertz CT molecular complexity index is 619. The molecular weight excluding hydrogens is 299 g/mol. The highest BCUT2D eigenvalue weighted by atomic mass is 35.5. The predicted octanol–water partition coefficient (Wildman–Crippen LogP) is 4.02. The van der Waals surface area contributed by atoms with E-state index in [0.29, 0.717) is 11.0 Å². The van der Waals surface area contributed by atoms with Crippen molar-refractivity contribution >= 4 is 34.8 Å². The van der Waals surface area contributed by atoms with Crippen LogP contribution in [0.3, 0.4) is 0 Å². The van der Waals surface area contributed by atoms with E-state index in [0.717, 1.165) is 11.3 Å². The Balaban J connectivity index is 2.28. The molecule has 1 aromatic heterocycles. The van der Waals surface area contributed by atoms with Gasteiger partial charge >= 0.3 is 6.01 Å². The Morgan fingerprint density at radius 2 is 1.90 bits per heavy atom. The van der Waals surface area contributed by atoms with E-state index in [4.69, 9.17) is 27.9 Å². The molecule has 0 aliphatic heterocycles. The summed E-state index contributed by atoms with van der Waals surface area (Å²) < 4.78 is 5.41. The van der Waals surface area contributed by atoms with Crippen LogP contribution in [0.5, 0.6) is 6.01 Å². The second-order valence-corrected chi connectivity index (χ2v) is 5.24. The Morgan fingerprint density at radius 1 is 1.15 bits per heavy atom. The minimum Gasteiger partial charge on any atom is -0.461 e. The van der Waals surface area contributed by atoms with E-state index in [1.807, 2.05) is 32.9 Å². The number of nitrogens with one attached hydrogen (secondary N) is 1. The number of aromatic nitrogens is 3. The van der Waals surface area contributed by atoms with E-state index < -0.39 is 0 Å². The van der Waals surface area contributed by atoms with Crippen LogP contribution in [0.1, 0.15) is 19.4 Å². The van der Waals surface area contributed by atoms with Gasteiger partial charge in [-0.05, 0) is 50.1 Å². The number of rotatable bonds is 4. The molecule has 1 aromatic carbocycles. The van der Waals surface area contributed by atoms with Crippen LogP contribution in [0.4, 0.5) is 11.6 Å². The molecule has 0 aliphatic carbocycles. The van der Waals surface area contributed by atoms with Crippen molar-refractivity contribution in [2.75, 3.05) is 5.32 Å². The summed E-state index contributed by atoms with van der Waals surface area (Å²) in [6.45, 7) is 5.71. The molecule has 0 radical (unpaired) electrons. The van der Waals surface area contributed by atoms with Crippen molar-refractivity contribution in [3.05, 3.63) is 34.1 Å². The maximum atomic E-state index is 5.97. The molecule has 0 aliphatic rings. The minimum atomic E-state index is -0.0470. The number of aryl methyl sites for hydroxylation is 1. The van der Waals surface area contributed by atoms with Crippen LogP contribution in [0.25, 0.3) is 0 Å². The van der Waals surface area contributed by atoms with Gasteiger partial charge in [-0.15, -0.1) is 0 Å². The van der Waals surface area contributed by atoms with Gasteiger partial charge in [0.25, 0.3) is 0 Å². The molecule has 0 fully saturated rings. The summed E-state index contributed by atoms with van der Waals surface area (Å²) in [4.78, 5) is 12.1. The van der Waals surface area contributed by atoms with Gasteiger partial charge in [0.15, 0.2) is 0 Å². The van der Waals surface area contributed by atoms with E-state index in [-0.39, 0.29) is 17.4 Å². The zero-order valence-electron chi connectivity index (χ0n) is 11.3. The van der Waals surface area contributed by atoms with E-state index in [1.165, 1.54) is 0 Å². The van der Waals surface area contributed by atoms with Gasteiger partial charge in [0.2, 0.25) is 11.2 Å². The standard InChI is InChI=1S/C13H14Cl2N4O/c1-7(2)20-13-18-11(15)17-12(19-13)16-10-6-9(14)5-4-8(10)3/h4-7H,1-3H3,(H,16,17,18,19). The van der Waals surface area contributed by atoms with Crippen LogP contribution < -0.4 is 10.1 Å². The fourth-order valence-electron chi connectivity index (χ4n) is 1.50. The molecule has 20 heavy (non-hydrogen) atoms. The third-order valence-corrected chi connectivity index (χ3v) is 2.78. The molecule has 0 unspecified atom stereocenters. The third kappa shape index (κ3) is 3.95. The topological polar surface area (TPSA) is 59.9 Å². The lowest BCUT2D eigenvalue weighted by Gasteiger charge is -2.11. The SMILES string of the molecule is Cc1ccc(Cl)cc1Nc1nc(Cl)nc(OC(C)C)n1. The zero-order valence-corrected chi connectivity index (χ0v) is 12.8. The highest BCUT2D eigenvalue weighted by Gasteiger charge is 2.09. The molecule has 7 heteroatoms. The Hall–Kier alpha value is -1.59. The fraction of sp³-hybridized carbons (Fsp3) is 0.308. The number of hydrogen-bond acceptors (Lipinski definition) is 5. The van der Waals surface area contributed by atoms with E-state index in [2.05, 4.69) is 20.3 Å². The molecule has 106 valence electrons. The highest BCUT2D eigenvalue weighted by molar-refractivity contribution is 6.30.